The molecule has 2 rings (SSSR count). The van der Waals surface area contributed by atoms with Crippen LogP contribution < -0.4 is 0 Å². The van der Waals surface area contributed by atoms with Crippen LogP contribution in [0, 0.1) is 6.92 Å². The summed E-state index contributed by atoms with van der Waals surface area (Å²) in [7, 11) is 1.80. The van der Waals surface area contributed by atoms with E-state index in [0.717, 1.165) is 5.16 Å². The number of rotatable bonds is 4. The summed E-state index contributed by atoms with van der Waals surface area (Å²) in [5, 5.41) is 13.5. The Morgan fingerprint density at radius 3 is 2.94 bits per heavy atom. The Kier molecular flexibility index (Phi) is 3.19. The van der Waals surface area contributed by atoms with Gasteiger partial charge in [0, 0.05) is 12.6 Å². The number of aryl methyl sites for hydroxylation is 2. The number of nitrogens with zero attached hydrogens (tertiary/aromatic N) is 3. The van der Waals surface area contributed by atoms with Crippen LogP contribution in [0.15, 0.2) is 22.0 Å². The molecule has 0 spiro atoms. The zero-order valence-corrected chi connectivity index (χ0v) is 10.2. The molecule has 0 atom stereocenters. The molecule has 1 N–H and O–H groups in total. The summed E-state index contributed by atoms with van der Waals surface area (Å²) in [5.41, 5.74) is 0.631. The quantitative estimate of drug-likeness (QED) is 0.835. The predicted octanol–water partition coefficient (Wildman–Crippen LogP) is 1.71. The first-order valence-corrected chi connectivity index (χ1v) is 5.86. The molecule has 17 heavy (non-hydrogen) atoms. The Labute approximate surface area is 102 Å². The van der Waals surface area contributed by atoms with Crippen molar-refractivity contribution in [3.63, 3.8) is 0 Å². The Hall–Kier alpha value is -1.76. The fourth-order valence-electron chi connectivity index (χ4n) is 1.38. The van der Waals surface area contributed by atoms with Crippen molar-refractivity contribution in [1.82, 2.24) is 14.8 Å². The molecule has 0 aliphatic heterocycles. The fraction of sp³-hybridized carbons (Fsp3) is 0.300. The maximum atomic E-state index is 10.8. The molecule has 0 amide bonds. The van der Waals surface area contributed by atoms with E-state index in [1.165, 1.54) is 18.1 Å². The largest absolute Gasteiger partial charge is 0.475 e. The minimum Gasteiger partial charge on any atom is -0.475 e. The molecule has 2 aromatic rings. The van der Waals surface area contributed by atoms with Gasteiger partial charge in [0.25, 0.3) is 0 Å². The number of hydrogen-bond acceptors (Lipinski definition) is 5. The highest BCUT2D eigenvalue weighted by atomic mass is 32.2. The van der Waals surface area contributed by atoms with Crippen molar-refractivity contribution in [2.75, 3.05) is 0 Å². The van der Waals surface area contributed by atoms with Gasteiger partial charge < -0.3 is 9.52 Å². The van der Waals surface area contributed by atoms with E-state index in [1.54, 1.807) is 24.7 Å². The van der Waals surface area contributed by atoms with Gasteiger partial charge in [0.15, 0.2) is 5.16 Å². The van der Waals surface area contributed by atoms with Crippen LogP contribution in [-0.4, -0.2) is 25.8 Å². The molecule has 2 heterocycles. The van der Waals surface area contributed by atoms with E-state index in [4.69, 9.17) is 9.52 Å². The van der Waals surface area contributed by atoms with E-state index >= 15 is 0 Å². The second kappa shape index (κ2) is 4.62. The number of carboxylic acids is 1. The lowest BCUT2D eigenvalue weighted by molar-refractivity contribution is 0.0659. The monoisotopic (exact) mass is 253 g/mol. The van der Waals surface area contributed by atoms with Crippen molar-refractivity contribution in [2.45, 2.75) is 17.8 Å². The molecule has 0 radical (unpaired) electrons. The minimum absolute atomic E-state index is 0.00133. The van der Waals surface area contributed by atoms with Crippen LogP contribution in [0.25, 0.3) is 0 Å². The summed E-state index contributed by atoms with van der Waals surface area (Å²) in [6.45, 7) is 1.71. The van der Waals surface area contributed by atoms with E-state index in [1.807, 2.05) is 0 Å². The average Bonchev–Trinajstić information content (AvgIpc) is 2.82. The van der Waals surface area contributed by atoms with Gasteiger partial charge >= 0.3 is 5.97 Å². The van der Waals surface area contributed by atoms with Gasteiger partial charge in [-0.25, -0.2) is 14.5 Å². The van der Waals surface area contributed by atoms with Gasteiger partial charge in [-0.3, -0.25) is 0 Å². The number of carboxylic acid groups (broad SMARTS) is 1. The SMILES string of the molecule is Cc1cc(CSc2ncnn2C)oc1C(=O)O. The number of carbonyl (C=O) groups is 1. The van der Waals surface area contributed by atoms with Crippen LogP contribution in [0.5, 0.6) is 0 Å². The molecule has 2 aromatic heterocycles. The third-order valence-corrected chi connectivity index (χ3v) is 3.23. The number of furan rings is 1. The molecule has 90 valence electrons. The molecule has 0 fully saturated rings. The van der Waals surface area contributed by atoms with Crippen molar-refractivity contribution < 1.29 is 14.3 Å². The average molecular weight is 253 g/mol. The van der Waals surface area contributed by atoms with E-state index in [0.29, 0.717) is 17.1 Å². The Bertz CT molecular complexity index is 547. The second-order valence-electron chi connectivity index (χ2n) is 3.48. The van der Waals surface area contributed by atoms with Gasteiger partial charge in [0.05, 0.1) is 5.75 Å². The van der Waals surface area contributed by atoms with Gasteiger partial charge in [-0.15, -0.1) is 0 Å². The topological polar surface area (TPSA) is 81.2 Å². The highest BCUT2D eigenvalue weighted by Crippen LogP contribution is 2.23. The third-order valence-electron chi connectivity index (χ3n) is 2.18. The predicted molar refractivity (Wildman–Crippen MR) is 61.0 cm³/mol. The molecule has 0 saturated heterocycles. The van der Waals surface area contributed by atoms with E-state index in [2.05, 4.69) is 10.1 Å². The Morgan fingerprint density at radius 1 is 1.65 bits per heavy atom. The Morgan fingerprint density at radius 2 is 2.41 bits per heavy atom. The molecule has 0 saturated carbocycles. The smallest absolute Gasteiger partial charge is 0.372 e. The number of aromatic nitrogens is 3. The van der Waals surface area contributed by atoms with Crippen LogP contribution >= 0.6 is 11.8 Å². The van der Waals surface area contributed by atoms with Gasteiger partial charge in [0.2, 0.25) is 5.76 Å². The van der Waals surface area contributed by atoms with Crippen molar-refractivity contribution in [3.05, 3.63) is 29.5 Å². The summed E-state index contributed by atoms with van der Waals surface area (Å²) >= 11 is 1.44. The van der Waals surface area contributed by atoms with Crippen molar-refractivity contribution in [3.8, 4) is 0 Å². The van der Waals surface area contributed by atoms with Crippen molar-refractivity contribution >= 4 is 17.7 Å². The van der Waals surface area contributed by atoms with Crippen molar-refractivity contribution in [1.29, 1.82) is 0 Å². The minimum atomic E-state index is -1.04. The van der Waals surface area contributed by atoms with Gasteiger partial charge in [0.1, 0.15) is 12.1 Å². The summed E-state index contributed by atoms with van der Waals surface area (Å²) in [6.07, 6.45) is 1.47. The van der Waals surface area contributed by atoms with Crippen LogP contribution in [0.2, 0.25) is 0 Å². The van der Waals surface area contributed by atoms with E-state index < -0.39 is 5.97 Å². The first kappa shape index (κ1) is 11.7. The first-order chi connectivity index (χ1) is 8.08. The molecule has 0 aliphatic rings. The highest BCUT2D eigenvalue weighted by Gasteiger charge is 2.14. The summed E-state index contributed by atoms with van der Waals surface area (Å²) in [6, 6.07) is 1.73. The molecular weight excluding hydrogens is 242 g/mol. The second-order valence-corrected chi connectivity index (χ2v) is 4.43. The molecule has 0 bridgehead atoms. The van der Waals surface area contributed by atoms with Crippen LogP contribution in [0.3, 0.4) is 0 Å². The highest BCUT2D eigenvalue weighted by molar-refractivity contribution is 7.98. The fourth-order valence-corrected chi connectivity index (χ4v) is 2.15. The van der Waals surface area contributed by atoms with E-state index in [-0.39, 0.29) is 5.76 Å². The molecule has 6 nitrogen and oxygen atoms in total. The first-order valence-electron chi connectivity index (χ1n) is 4.87. The van der Waals surface area contributed by atoms with Gasteiger partial charge in [-0.05, 0) is 13.0 Å². The van der Waals surface area contributed by atoms with Crippen molar-refractivity contribution in [2.24, 2.45) is 7.05 Å². The summed E-state index contributed by atoms with van der Waals surface area (Å²) in [4.78, 5) is 14.8. The van der Waals surface area contributed by atoms with Gasteiger partial charge in [-0.2, -0.15) is 5.10 Å². The van der Waals surface area contributed by atoms with Crippen LogP contribution in [0.4, 0.5) is 0 Å². The van der Waals surface area contributed by atoms with E-state index in [9.17, 15) is 4.79 Å². The zero-order valence-electron chi connectivity index (χ0n) is 9.38. The maximum Gasteiger partial charge on any atom is 0.372 e. The lowest BCUT2D eigenvalue weighted by atomic mass is 10.3. The normalized spacial score (nSPS) is 10.7. The summed E-state index contributed by atoms with van der Waals surface area (Å²) in [5.74, 6) is 0.101. The number of thioether (sulfide) groups is 1. The molecule has 0 unspecified atom stereocenters. The lowest BCUT2D eigenvalue weighted by Gasteiger charge is -1.97. The number of hydrogen-bond donors (Lipinski definition) is 1. The molecular formula is C10H11N3O3S. The molecule has 7 heteroatoms. The van der Waals surface area contributed by atoms with Crippen LogP contribution in [0.1, 0.15) is 21.9 Å². The zero-order chi connectivity index (χ0) is 12.4. The maximum absolute atomic E-state index is 10.8. The van der Waals surface area contributed by atoms with Gasteiger partial charge in [-0.1, -0.05) is 11.8 Å². The third kappa shape index (κ3) is 2.50. The lowest BCUT2D eigenvalue weighted by Crippen LogP contribution is -1.95. The van der Waals surface area contributed by atoms with Crippen LogP contribution in [-0.2, 0) is 12.8 Å². The standard InChI is InChI=1S/C10H11N3O3S/c1-6-3-7(16-8(6)9(14)15)4-17-10-11-5-12-13(10)2/h3,5H,4H2,1-2H3,(H,14,15). The summed E-state index contributed by atoms with van der Waals surface area (Å²) < 4.78 is 6.89. The molecule has 0 aromatic carbocycles. The molecule has 0 aliphatic carbocycles. The number of aromatic carboxylic acids is 1. The Balaban J connectivity index is 2.07.